The lowest BCUT2D eigenvalue weighted by atomic mass is 10.0. The summed E-state index contributed by atoms with van der Waals surface area (Å²) in [5, 5.41) is 0. The van der Waals surface area contributed by atoms with E-state index in [-0.39, 0.29) is 32.0 Å². The lowest BCUT2D eigenvalue weighted by Gasteiger charge is -2.28. The summed E-state index contributed by atoms with van der Waals surface area (Å²) in [5.41, 5.74) is 0. The second-order valence-corrected chi connectivity index (χ2v) is 30.2. The molecular formula is C80H156NO8P. The van der Waals surface area contributed by atoms with Crippen molar-refractivity contribution in [3.63, 3.8) is 0 Å². The first kappa shape index (κ1) is 88.5. The maximum atomic E-state index is 12.9. The maximum absolute atomic E-state index is 12.9. The Balaban J connectivity index is 3.85. The van der Waals surface area contributed by atoms with Crippen LogP contribution in [0.4, 0.5) is 0 Å². The zero-order valence-electron chi connectivity index (χ0n) is 61.1. The van der Waals surface area contributed by atoms with Crippen LogP contribution in [-0.2, 0) is 32.7 Å². The molecule has 0 radical (unpaired) electrons. The number of quaternary nitrogens is 1. The fraction of sp³-hybridized carbons (Fsp3) is 0.925. The number of phosphoric acid groups is 1. The van der Waals surface area contributed by atoms with E-state index in [2.05, 4.69) is 38.2 Å². The lowest BCUT2D eigenvalue weighted by Crippen LogP contribution is -2.37. The number of hydrogen-bond acceptors (Lipinski definition) is 8. The number of esters is 2. The summed E-state index contributed by atoms with van der Waals surface area (Å²) < 4.78 is 34.4. The third kappa shape index (κ3) is 75.5. The Morgan fingerprint density at radius 2 is 0.600 bits per heavy atom. The van der Waals surface area contributed by atoms with Gasteiger partial charge >= 0.3 is 11.9 Å². The molecule has 0 aliphatic heterocycles. The summed E-state index contributed by atoms with van der Waals surface area (Å²) in [7, 11) is 1.19. The molecule has 2 atom stereocenters. The molecule has 0 fully saturated rings. The van der Waals surface area contributed by atoms with E-state index < -0.39 is 26.5 Å². The van der Waals surface area contributed by atoms with E-state index in [1.165, 1.54) is 347 Å². The van der Waals surface area contributed by atoms with Crippen LogP contribution in [0.5, 0.6) is 0 Å². The Labute approximate surface area is 561 Å². The summed E-state index contributed by atoms with van der Waals surface area (Å²) >= 11 is 0. The van der Waals surface area contributed by atoms with Gasteiger partial charge in [-0.1, -0.05) is 391 Å². The van der Waals surface area contributed by atoms with E-state index in [0.29, 0.717) is 17.4 Å². The molecule has 0 aliphatic carbocycles. The number of rotatable bonds is 76. The van der Waals surface area contributed by atoms with Crippen molar-refractivity contribution in [1.82, 2.24) is 0 Å². The van der Waals surface area contributed by atoms with Crippen LogP contribution in [0.25, 0.3) is 0 Å². The third-order valence-electron chi connectivity index (χ3n) is 18.5. The molecule has 0 aromatic carbocycles. The van der Waals surface area contributed by atoms with Crippen LogP contribution in [0.15, 0.2) is 24.3 Å². The molecule has 9 nitrogen and oxygen atoms in total. The lowest BCUT2D eigenvalue weighted by molar-refractivity contribution is -0.870. The minimum atomic E-state index is -4.64. The molecule has 0 N–H and O–H groups in total. The average Bonchev–Trinajstić information content (AvgIpc) is 3.58. The van der Waals surface area contributed by atoms with Gasteiger partial charge in [0, 0.05) is 12.8 Å². The fourth-order valence-electron chi connectivity index (χ4n) is 12.3. The molecule has 2 unspecified atom stereocenters. The van der Waals surface area contributed by atoms with Crippen LogP contribution in [0.1, 0.15) is 425 Å². The average molecular weight is 1290 g/mol. The first-order chi connectivity index (χ1) is 44.0. The highest BCUT2D eigenvalue weighted by molar-refractivity contribution is 7.45. The van der Waals surface area contributed by atoms with Crippen molar-refractivity contribution in [2.24, 2.45) is 0 Å². The molecule has 534 valence electrons. The van der Waals surface area contributed by atoms with E-state index in [1.807, 2.05) is 21.1 Å². The normalized spacial score (nSPS) is 13.1. The van der Waals surface area contributed by atoms with Crippen molar-refractivity contribution in [3.05, 3.63) is 24.3 Å². The highest BCUT2D eigenvalue weighted by Gasteiger charge is 2.22. The van der Waals surface area contributed by atoms with E-state index >= 15 is 0 Å². The molecular weight excluding hydrogens is 1130 g/mol. The minimum Gasteiger partial charge on any atom is -0.756 e. The smallest absolute Gasteiger partial charge is 0.306 e. The highest BCUT2D eigenvalue weighted by atomic mass is 31.2. The van der Waals surface area contributed by atoms with Crippen molar-refractivity contribution in [2.45, 2.75) is 431 Å². The molecule has 0 aliphatic rings. The van der Waals surface area contributed by atoms with Crippen molar-refractivity contribution in [3.8, 4) is 0 Å². The molecule has 10 heteroatoms. The largest absolute Gasteiger partial charge is 0.756 e. The Hall–Kier alpha value is -1.51. The van der Waals surface area contributed by atoms with Gasteiger partial charge in [0.25, 0.3) is 7.82 Å². The number of phosphoric ester groups is 1. The SMILES string of the molecule is CCCCCCC/C=C\C/C=C\CCCCCCCCCCCCCCCC(=O)OC(COC(=O)CCCCCCCCCCCCCCCCCCCCCCCCCCCCCCCCCCCCCCCCCCC)COP(=O)([O-])OCC[N+](C)(C)C. The summed E-state index contributed by atoms with van der Waals surface area (Å²) in [6.45, 7) is 4.31. The Kier molecular flexibility index (Phi) is 70.6. The molecule has 0 aromatic rings. The molecule has 0 spiro atoms. The minimum absolute atomic E-state index is 0.0277. The number of unbranched alkanes of at least 4 members (excludes halogenated alkanes) is 58. The highest BCUT2D eigenvalue weighted by Crippen LogP contribution is 2.38. The first-order valence-electron chi connectivity index (χ1n) is 40.0. The van der Waals surface area contributed by atoms with Crippen molar-refractivity contribution in [2.75, 3.05) is 47.5 Å². The van der Waals surface area contributed by atoms with Gasteiger partial charge in [-0.25, -0.2) is 0 Å². The van der Waals surface area contributed by atoms with Gasteiger partial charge in [0.15, 0.2) is 6.10 Å². The van der Waals surface area contributed by atoms with E-state index in [4.69, 9.17) is 18.5 Å². The van der Waals surface area contributed by atoms with Crippen molar-refractivity contribution in [1.29, 1.82) is 0 Å². The summed E-state index contributed by atoms with van der Waals surface area (Å²) in [5.74, 6) is -0.810. The number of ether oxygens (including phenoxy) is 2. The zero-order valence-corrected chi connectivity index (χ0v) is 62.0. The molecule has 0 bridgehead atoms. The van der Waals surface area contributed by atoms with Crippen LogP contribution >= 0.6 is 7.82 Å². The van der Waals surface area contributed by atoms with Gasteiger partial charge in [-0.05, 0) is 44.9 Å². The quantitative estimate of drug-likeness (QED) is 0.0195. The Bertz CT molecular complexity index is 1560. The number of nitrogens with zero attached hydrogens (tertiary/aromatic N) is 1. The molecule has 0 rings (SSSR count). The van der Waals surface area contributed by atoms with Gasteiger partial charge in [-0.2, -0.15) is 0 Å². The van der Waals surface area contributed by atoms with E-state index in [9.17, 15) is 19.0 Å². The second-order valence-electron chi connectivity index (χ2n) is 28.8. The second kappa shape index (κ2) is 71.8. The monoisotopic (exact) mass is 1290 g/mol. The fourth-order valence-corrected chi connectivity index (χ4v) is 13.1. The zero-order chi connectivity index (χ0) is 65.5. The Morgan fingerprint density at radius 3 is 0.878 bits per heavy atom. The molecule has 0 amide bonds. The number of allylic oxidation sites excluding steroid dienone is 4. The predicted octanol–water partition coefficient (Wildman–Crippen LogP) is 25.8. The number of hydrogen-bond donors (Lipinski definition) is 0. The van der Waals surface area contributed by atoms with Crippen LogP contribution in [0, 0.1) is 0 Å². The molecule has 0 saturated heterocycles. The molecule has 0 aromatic heterocycles. The van der Waals surface area contributed by atoms with Crippen molar-refractivity contribution < 1.29 is 42.1 Å². The molecule has 0 heterocycles. The van der Waals surface area contributed by atoms with Crippen molar-refractivity contribution >= 4 is 19.8 Å². The maximum Gasteiger partial charge on any atom is 0.306 e. The first-order valence-corrected chi connectivity index (χ1v) is 41.5. The van der Waals surface area contributed by atoms with Gasteiger partial charge < -0.3 is 27.9 Å². The predicted molar refractivity (Wildman–Crippen MR) is 388 cm³/mol. The van der Waals surface area contributed by atoms with E-state index in [0.717, 1.165) is 44.9 Å². The van der Waals surface area contributed by atoms with E-state index in [1.54, 1.807) is 0 Å². The number of carbonyl (C=O) groups is 2. The molecule has 0 saturated carbocycles. The van der Waals surface area contributed by atoms with Gasteiger partial charge in [0.2, 0.25) is 0 Å². The van der Waals surface area contributed by atoms with Gasteiger partial charge in [-0.15, -0.1) is 0 Å². The number of carbonyl (C=O) groups excluding carboxylic acids is 2. The van der Waals surface area contributed by atoms with Crippen LogP contribution in [0.3, 0.4) is 0 Å². The van der Waals surface area contributed by atoms with Crippen LogP contribution in [-0.4, -0.2) is 70.0 Å². The van der Waals surface area contributed by atoms with Crippen LogP contribution < -0.4 is 4.89 Å². The van der Waals surface area contributed by atoms with Gasteiger partial charge in [-0.3, -0.25) is 14.2 Å². The summed E-state index contributed by atoms with van der Waals surface area (Å²) in [6.07, 6.45) is 91.8. The molecule has 90 heavy (non-hydrogen) atoms. The summed E-state index contributed by atoms with van der Waals surface area (Å²) in [4.78, 5) is 38.1. The van der Waals surface area contributed by atoms with Gasteiger partial charge in [0.05, 0.1) is 27.7 Å². The third-order valence-corrected chi connectivity index (χ3v) is 19.4. The standard InChI is InChI=1S/C80H156NO8P/c1-6-8-10-12-14-16-18-20-22-24-26-28-30-32-33-34-35-36-37-38-39-40-41-42-43-44-45-46-47-49-50-52-54-56-58-60-62-64-66-68-70-72-79(82)86-76-78(77-88-90(84,85)87-75-74-81(3,4)5)89-80(83)73-71-69-67-65-63-61-59-57-55-53-51-48-31-29-27-25-23-21-19-17-15-13-11-9-7-2/h19,21,25,27,78H,6-18,20,22-24,26,28-77H2,1-5H3/b21-19-,27-25-. The van der Waals surface area contributed by atoms with Gasteiger partial charge in [0.1, 0.15) is 19.8 Å². The number of likely N-dealkylation sites (N-methyl/N-ethyl adjacent to an activating group) is 1. The van der Waals surface area contributed by atoms with Crippen LogP contribution in [0.2, 0.25) is 0 Å². The topological polar surface area (TPSA) is 111 Å². The summed E-state index contributed by atoms with van der Waals surface area (Å²) in [6, 6.07) is 0. The Morgan fingerprint density at radius 1 is 0.344 bits per heavy atom.